The van der Waals surface area contributed by atoms with Crippen molar-refractivity contribution in [2.75, 3.05) is 19.7 Å². The van der Waals surface area contributed by atoms with Crippen molar-refractivity contribution >= 4 is 12.1 Å². The number of hydrogen-bond acceptors (Lipinski definition) is 5. The first-order chi connectivity index (χ1) is 12.4. The second-order valence-corrected chi connectivity index (χ2v) is 7.71. The summed E-state index contributed by atoms with van der Waals surface area (Å²) >= 11 is 0. The van der Waals surface area contributed by atoms with Crippen LogP contribution in [0.3, 0.4) is 0 Å². The van der Waals surface area contributed by atoms with Gasteiger partial charge in [0.2, 0.25) is 0 Å². The Morgan fingerprint density at radius 3 is 2.38 bits per heavy atom. The minimum absolute atomic E-state index is 0.160. The summed E-state index contributed by atoms with van der Waals surface area (Å²) in [6.45, 7) is 0.839. The van der Waals surface area contributed by atoms with Gasteiger partial charge < -0.3 is 24.6 Å². The summed E-state index contributed by atoms with van der Waals surface area (Å²) in [5, 5.41) is 19.3. The van der Waals surface area contributed by atoms with Gasteiger partial charge >= 0.3 is 12.1 Å². The fourth-order valence-corrected chi connectivity index (χ4v) is 4.89. The minimum Gasteiger partial charge on any atom is -0.481 e. The number of ether oxygens (including phenoxy) is 2. The number of carboxylic acid groups (broad SMARTS) is 1. The smallest absolute Gasteiger partial charge is 0.410 e. The van der Waals surface area contributed by atoms with Gasteiger partial charge in [-0.3, -0.25) is 4.79 Å². The predicted molar refractivity (Wildman–Crippen MR) is 90.4 cm³/mol. The predicted octanol–water partition coefficient (Wildman–Crippen LogP) is 1.78. The average molecular weight is 361 g/mol. The van der Waals surface area contributed by atoms with Gasteiger partial charge in [0.05, 0.1) is 17.8 Å². The second kappa shape index (κ2) is 5.96. The Labute approximate surface area is 151 Å². The molecule has 4 aliphatic rings. The molecule has 0 unspecified atom stereocenters. The van der Waals surface area contributed by atoms with Crippen LogP contribution in [0.2, 0.25) is 0 Å². The maximum Gasteiger partial charge on any atom is 0.410 e. The lowest BCUT2D eigenvalue weighted by molar-refractivity contribution is -0.160. The summed E-state index contributed by atoms with van der Waals surface area (Å²) in [4.78, 5) is 25.8. The molecule has 2 bridgehead atoms. The Morgan fingerprint density at radius 2 is 1.81 bits per heavy atom. The van der Waals surface area contributed by atoms with Crippen LogP contribution in [-0.4, -0.2) is 58.1 Å². The zero-order chi connectivity index (χ0) is 18.4. The van der Waals surface area contributed by atoms with Gasteiger partial charge in [-0.25, -0.2) is 4.79 Å². The van der Waals surface area contributed by atoms with E-state index < -0.39 is 28.7 Å². The van der Waals surface area contributed by atoms with E-state index in [-0.39, 0.29) is 13.2 Å². The molecule has 3 heterocycles. The first kappa shape index (κ1) is 17.3. The van der Waals surface area contributed by atoms with Crippen molar-refractivity contribution in [3.8, 4) is 0 Å². The van der Waals surface area contributed by atoms with Crippen LogP contribution in [0, 0.1) is 5.41 Å². The Hall–Kier alpha value is -2.12. The molecule has 0 aromatic heterocycles. The highest BCUT2D eigenvalue weighted by molar-refractivity contribution is 5.80. The molecule has 1 saturated carbocycles. The molecule has 7 nitrogen and oxygen atoms in total. The van der Waals surface area contributed by atoms with Gasteiger partial charge in [-0.1, -0.05) is 30.3 Å². The van der Waals surface area contributed by atoms with Crippen LogP contribution in [0.25, 0.3) is 0 Å². The summed E-state index contributed by atoms with van der Waals surface area (Å²) < 4.78 is 11.5. The topological polar surface area (TPSA) is 96.3 Å². The molecule has 0 radical (unpaired) electrons. The van der Waals surface area contributed by atoms with E-state index in [2.05, 4.69) is 0 Å². The van der Waals surface area contributed by atoms with E-state index in [1.165, 1.54) is 0 Å². The molecule has 4 fully saturated rings. The quantitative estimate of drug-likeness (QED) is 0.849. The van der Waals surface area contributed by atoms with Gasteiger partial charge in [-0.2, -0.15) is 0 Å². The molecule has 1 aromatic carbocycles. The zero-order valence-corrected chi connectivity index (χ0v) is 14.5. The van der Waals surface area contributed by atoms with Gasteiger partial charge in [0, 0.05) is 13.1 Å². The van der Waals surface area contributed by atoms with E-state index in [9.17, 15) is 19.8 Å². The molecular weight excluding hydrogens is 338 g/mol. The fraction of sp³-hybridized carbons (Fsp3) is 0.579. The van der Waals surface area contributed by atoms with Crippen molar-refractivity contribution in [1.82, 2.24) is 4.90 Å². The zero-order valence-electron chi connectivity index (χ0n) is 14.5. The highest BCUT2D eigenvalue weighted by Crippen LogP contribution is 2.69. The summed E-state index contributed by atoms with van der Waals surface area (Å²) in [5.74, 6) is -0.862. The van der Waals surface area contributed by atoms with E-state index >= 15 is 0 Å². The molecule has 1 amide bonds. The molecule has 1 aromatic rings. The Morgan fingerprint density at radius 1 is 1.15 bits per heavy atom. The Kier molecular flexibility index (Phi) is 3.96. The summed E-state index contributed by atoms with van der Waals surface area (Å²) in [7, 11) is 0. The molecule has 1 aliphatic carbocycles. The van der Waals surface area contributed by atoms with Gasteiger partial charge in [-0.15, -0.1) is 0 Å². The number of aliphatic hydroxyl groups excluding tert-OH is 1. The van der Waals surface area contributed by atoms with Gasteiger partial charge in [-0.05, 0) is 31.2 Å². The number of carbonyl (C=O) groups excluding carboxylic acids is 1. The van der Waals surface area contributed by atoms with Gasteiger partial charge in [0.15, 0.2) is 0 Å². The number of aliphatic hydroxyl groups is 1. The number of aliphatic carboxylic acids is 1. The van der Waals surface area contributed by atoms with Crippen LogP contribution in [0.1, 0.15) is 31.2 Å². The monoisotopic (exact) mass is 361 g/mol. The molecular formula is C19H23NO6. The lowest BCUT2D eigenvalue weighted by atomic mass is 9.54. The number of rotatable bonds is 4. The van der Waals surface area contributed by atoms with Crippen molar-refractivity contribution in [2.45, 2.75) is 43.5 Å². The first-order valence-electron chi connectivity index (χ1n) is 8.94. The molecule has 3 aliphatic heterocycles. The van der Waals surface area contributed by atoms with Crippen molar-refractivity contribution in [2.24, 2.45) is 5.41 Å². The lowest BCUT2D eigenvalue weighted by Crippen LogP contribution is -2.58. The lowest BCUT2D eigenvalue weighted by Gasteiger charge is -2.46. The maximum atomic E-state index is 12.3. The molecule has 26 heavy (non-hydrogen) atoms. The van der Waals surface area contributed by atoms with Crippen LogP contribution in [0.15, 0.2) is 30.3 Å². The average Bonchev–Trinajstić information content (AvgIpc) is 3.06. The number of carboxylic acids is 1. The molecule has 1 spiro atoms. The largest absolute Gasteiger partial charge is 0.481 e. The van der Waals surface area contributed by atoms with Crippen molar-refractivity contribution in [1.29, 1.82) is 0 Å². The molecule has 3 saturated heterocycles. The van der Waals surface area contributed by atoms with E-state index in [1.54, 1.807) is 4.90 Å². The van der Waals surface area contributed by atoms with Crippen LogP contribution >= 0.6 is 0 Å². The Balaban J connectivity index is 1.38. The number of piperidine rings is 1. The fourth-order valence-electron chi connectivity index (χ4n) is 4.89. The Bertz CT molecular complexity index is 704. The van der Waals surface area contributed by atoms with Crippen LogP contribution < -0.4 is 0 Å². The van der Waals surface area contributed by atoms with E-state index in [0.29, 0.717) is 38.8 Å². The summed E-state index contributed by atoms with van der Waals surface area (Å²) in [6.07, 6.45) is 1.20. The third-order valence-electron chi connectivity index (χ3n) is 6.26. The molecule has 7 heteroatoms. The second-order valence-electron chi connectivity index (χ2n) is 7.71. The van der Waals surface area contributed by atoms with Crippen LogP contribution in [-0.2, 0) is 20.9 Å². The van der Waals surface area contributed by atoms with E-state index in [4.69, 9.17) is 9.47 Å². The molecule has 0 atom stereocenters. The van der Waals surface area contributed by atoms with E-state index in [0.717, 1.165) is 5.56 Å². The highest BCUT2D eigenvalue weighted by Gasteiger charge is 2.78. The van der Waals surface area contributed by atoms with Gasteiger partial charge in [0.1, 0.15) is 12.0 Å². The highest BCUT2D eigenvalue weighted by atomic mass is 16.6. The number of carbonyl (C=O) groups is 2. The normalized spacial score (nSPS) is 31.5. The third-order valence-corrected chi connectivity index (χ3v) is 6.26. The number of nitrogens with zero attached hydrogens (tertiary/aromatic N) is 1. The number of likely N-dealkylation sites (tertiary alicyclic amines) is 1. The molecule has 2 N–H and O–H groups in total. The SMILES string of the molecule is O=C(OCc1ccccc1)N1CCC2(CC1)OC1(CO)CC2(C(=O)O)C1. The first-order valence-corrected chi connectivity index (χ1v) is 8.94. The molecule has 5 rings (SSSR count). The number of amides is 1. The van der Waals surface area contributed by atoms with Crippen molar-refractivity contribution in [3.63, 3.8) is 0 Å². The number of hydrogen-bond donors (Lipinski definition) is 2. The minimum atomic E-state index is -0.935. The van der Waals surface area contributed by atoms with Crippen LogP contribution in [0.4, 0.5) is 4.79 Å². The van der Waals surface area contributed by atoms with Crippen molar-refractivity contribution in [3.05, 3.63) is 35.9 Å². The summed E-state index contributed by atoms with van der Waals surface area (Å²) in [5.41, 5.74) is -1.52. The van der Waals surface area contributed by atoms with Gasteiger partial charge in [0.25, 0.3) is 0 Å². The standard InChI is InChI=1S/C19H23NO6/c21-13-17-11-18(12-17,15(22)23)19(26-17)6-8-20(9-7-19)16(24)25-10-14-4-2-1-3-5-14/h1-5,21H,6-13H2,(H,22,23). The third kappa shape index (κ3) is 2.41. The van der Waals surface area contributed by atoms with Crippen molar-refractivity contribution < 1.29 is 29.3 Å². The summed E-state index contributed by atoms with van der Waals surface area (Å²) in [6, 6.07) is 9.46. The molecule has 140 valence electrons. The van der Waals surface area contributed by atoms with E-state index in [1.807, 2.05) is 30.3 Å². The van der Waals surface area contributed by atoms with Crippen LogP contribution in [0.5, 0.6) is 0 Å². The number of benzene rings is 1. The maximum absolute atomic E-state index is 12.3.